The number of fused-ring (bicyclic) bond motifs is 1. The van der Waals surface area contributed by atoms with Gasteiger partial charge in [-0.2, -0.15) is 0 Å². The van der Waals surface area contributed by atoms with Crippen LogP contribution in [0.3, 0.4) is 0 Å². The predicted molar refractivity (Wildman–Crippen MR) is 126 cm³/mol. The molecule has 1 aromatic carbocycles. The van der Waals surface area contributed by atoms with Gasteiger partial charge in [0.1, 0.15) is 23.3 Å². The molecule has 3 aromatic rings. The molecule has 1 aliphatic rings. The first-order chi connectivity index (χ1) is 15.9. The van der Waals surface area contributed by atoms with Crippen molar-refractivity contribution in [3.8, 4) is 11.5 Å². The Balaban J connectivity index is 2.00. The first-order valence-corrected chi connectivity index (χ1v) is 11.7. The Bertz CT molecular complexity index is 1430. The predicted octanol–water partition coefficient (Wildman–Crippen LogP) is 3.17. The number of carbonyl (C=O) groups is 1. The summed E-state index contributed by atoms with van der Waals surface area (Å²) in [6.07, 6.45) is 1.65. The molecule has 2 aromatic heterocycles. The minimum Gasteiger partial charge on any atom is -0.497 e. The third-order valence-electron chi connectivity index (χ3n) is 5.12. The summed E-state index contributed by atoms with van der Waals surface area (Å²) in [6, 6.07) is 7.96. The van der Waals surface area contributed by atoms with Gasteiger partial charge in [-0.3, -0.25) is 9.36 Å². The Morgan fingerprint density at radius 2 is 2.06 bits per heavy atom. The lowest BCUT2D eigenvalue weighted by atomic mass is 9.95. The third kappa shape index (κ3) is 4.28. The molecule has 4 rings (SSSR count). The van der Waals surface area contributed by atoms with Crippen LogP contribution in [0.4, 0.5) is 0 Å². The number of hydrogen-bond acceptors (Lipinski definition) is 8. The maximum absolute atomic E-state index is 13.6. The SMILES string of the molecule is CCOC(=O)C1=C(C)N=c2sc(=Cc3ccc(Br)o3)c(=O)n2[C@@H]1c1ccc(OC)cc1OC. The van der Waals surface area contributed by atoms with Gasteiger partial charge in [-0.25, -0.2) is 9.79 Å². The Hall–Kier alpha value is -3.11. The number of nitrogens with zero attached hydrogens (tertiary/aromatic N) is 2. The van der Waals surface area contributed by atoms with Crippen molar-refractivity contribution >= 4 is 39.3 Å². The first kappa shape index (κ1) is 23.1. The van der Waals surface area contributed by atoms with E-state index in [1.165, 1.54) is 23.0 Å². The smallest absolute Gasteiger partial charge is 0.338 e. The maximum atomic E-state index is 13.6. The summed E-state index contributed by atoms with van der Waals surface area (Å²) in [5.41, 5.74) is 1.07. The molecule has 1 atom stereocenters. The number of halogens is 1. The lowest BCUT2D eigenvalue weighted by Gasteiger charge is -2.26. The standard InChI is InChI=1S/C23H21BrN2O6S/c1-5-31-22(28)19-12(2)25-23-26(20(19)15-8-6-13(29-3)10-16(15)30-4)21(27)17(33-23)11-14-7-9-18(24)32-14/h6-11,20H,5H2,1-4H3/t20-/m1/s1. The van der Waals surface area contributed by atoms with Crippen molar-refractivity contribution in [1.82, 2.24) is 4.57 Å². The lowest BCUT2D eigenvalue weighted by molar-refractivity contribution is -0.139. The molecule has 8 nitrogen and oxygen atoms in total. The van der Waals surface area contributed by atoms with Gasteiger partial charge in [0, 0.05) is 17.7 Å². The molecule has 3 heterocycles. The largest absolute Gasteiger partial charge is 0.497 e. The second-order valence-electron chi connectivity index (χ2n) is 7.05. The van der Waals surface area contributed by atoms with Gasteiger partial charge in [-0.05, 0) is 54.0 Å². The third-order valence-corrected chi connectivity index (χ3v) is 6.53. The van der Waals surface area contributed by atoms with Crippen LogP contribution in [0.25, 0.3) is 6.08 Å². The second kappa shape index (κ2) is 9.40. The van der Waals surface area contributed by atoms with Crippen molar-refractivity contribution < 1.29 is 23.4 Å². The summed E-state index contributed by atoms with van der Waals surface area (Å²) in [5, 5.41) is 0. The van der Waals surface area contributed by atoms with E-state index in [-0.39, 0.29) is 17.7 Å². The second-order valence-corrected chi connectivity index (χ2v) is 8.84. The fourth-order valence-electron chi connectivity index (χ4n) is 3.67. The number of ether oxygens (including phenoxy) is 3. The van der Waals surface area contributed by atoms with Crippen LogP contribution in [0.1, 0.15) is 31.2 Å². The number of methoxy groups -OCH3 is 2. The van der Waals surface area contributed by atoms with Crippen LogP contribution in [-0.4, -0.2) is 31.4 Å². The highest BCUT2D eigenvalue weighted by Crippen LogP contribution is 2.37. The van der Waals surface area contributed by atoms with Gasteiger partial charge < -0.3 is 18.6 Å². The number of esters is 1. The summed E-state index contributed by atoms with van der Waals surface area (Å²) < 4.78 is 24.2. The van der Waals surface area contributed by atoms with Gasteiger partial charge in [0.15, 0.2) is 9.47 Å². The van der Waals surface area contributed by atoms with E-state index in [0.29, 0.717) is 42.5 Å². The normalized spacial score (nSPS) is 15.8. The number of furan rings is 1. The highest BCUT2D eigenvalue weighted by Gasteiger charge is 2.35. The average Bonchev–Trinajstić information content (AvgIpc) is 3.34. The highest BCUT2D eigenvalue weighted by molar-refractivity contribution is 9.10. The van der Waals surface area contributed by atoms with Crippen molar-refractivity contribution in [2.75, 3.05) is 20.8 Å². The first-order valence-electron chi connectivity index (χ1n) is 10.0. The lowest BCUT2D eigenvalue weighted by Crippen LogP contribution is -2.40. The molecule has 0 bridgehead atoms. The Morgan fingerprint density at radius 1 is 1.27 bits per heavy atom. The molecule has 0 N–H and O–H groups in total. The molecule has 10 heteroatoms. The zero-order valence-corrected chi connectivity index (χ0v) is 20.8. The zero-order valence-electron chi connectivity index (χ0n) is 18.4. The van der Waals surface area contributed by atoms with Gasteiger partial charge >= 0.3 is 5.97 Å². The van der Waals surface area contributed by atoms with Crippen molar-refractivity contribution in [3.05, 3.63) is 77.3 Å². The molecule has 0 saturated carbocycles. The zero-order chi connectivity index (χ0) is 23.7. The van der Waals surface area contributed by atoms with Crippen LogP contribution in [0.2, 0.25) is 0 Å². The molecular formula is C23H21BrN2O6S. The van der Waals surface area contributed by atoms with E-state index in [4.69, 9.17) is 18.6 Å². The van der Waals surface area contributed by atoms with Gasteiger partial charge in [0.25, 0.3) is 5.56 Å². The summed E-state index contributed by atoms with van der Waals surface area (Å²) >= 11 is 4.49. The molecule has 0 aliphatic carbocycles. The van der Waals surface area contributed by atoms with Crippen LogP contribution >= 0.6 is 27.3 Å². The van der Waals surface area contributed by atoms with Crippen LogP contribution in [0, 0.1) is 0 Å². The number of rotatable bonds is 6. The summed E-state index contributed by atoms with van der Waals surface area (Å²) in [4.78, 5) is 31.6. The van der Waals surface area contributed by atoms with E-state index in [1.807, 2.05) is 0 Å². The quantitative estimate of drug-likeness (QED) is 0.452. The number of benzene rings is 1. The molecule has 172 valence electrons. The maximum Gasteiger partial charge on any atom is 0.338 e. The Morgan fingerprint density at radius 3 is 2.70 bits per heavy atom. The van der Waals surface area contributed by atoms with Crippen LogP contribution in [-0.2, 0) is 9.53 Å². The number of aromatic nitrogens is 1. The molecule has 0 saturated heterocycles. The highest BCUT2D eigenvalue weighted by atomic mass is 79.9. The van der Waals surface area contributed by atoms with Crippen LogP contribution in [0.15, 0.2) is 60.5 Å². The van der Waals surface area contributed by atoms with Crippen molar-refractivity contribution in [2.45, 2.75) is 19.9 Å². The fraction of sp³-hybridized carbons (Fsp3) is 0.261. The molecule has 33 heavy (non-hydrogen) atoms. The van der Waals surface area contributed by atoms with E-state index in [9.17, 15) is 9.59 Å². The fourth-order valence-corrected chi connectivity index (χ4v) is 5.01. The number of hydrogen-bond donors (Lipinski definition) is 0. The van der Waals surface area contributed by atoms with Gasteiger partial charge in [-0.1, -0.05) is 11.3 Å². The van der Waals surface area contributed by atoms with Gasteiger partial charge in [-0.15, -0.1) is 0 Å². The number of carbonyl (C=O) groups excluding carboxylic acids is 1. The van der Waals surface area contributed by atoms with E-state index in [0.717, 1.165) is 0 Å². The Labute approximate surface area is 201 Å². The van der Waals surface area contributed by atoms with Crippen LogP contribution < -0.4 is 24.4 Å². The molecule has 0 spiro atoms. The van der Waals surface area contributed by atoms with E-state index in [1.54, 1.807) is 57.4 Å². The molecular weight excluding hydrogens is 512 g/mol. The summed E-state index contributed by atoms with van der Waals surface area (Å²) in [5.74, 6) is 1.04. The molecule has 0 radical (unpaired) electrons. The monoisotopic (exact) mass is 532 g/mol. The van der Waals surface area contributed by atoms with E-state index >= 15 is 0 Å². The minimum atomic E-state index is -0.786. The number of allylic oxidation sites excluding steroid dienone is 1. The minimum absolute atomic E-state index is 0.194. The van der Waals surface area contributed by atoms with Crippen molar-refractivity contribution in [1.29, 1.82) is 0 Å². The summed E-state index contributed by atoms with van der Waals surface area (Å²) in [7, 11) is 3.08. The topological polar surface area (TPSA) is 92.3 Å². The molecule has 0 unspecified atom stereocenters. The molecule has 0 fully saturated rings. The van der Waals surface area contributed by atoms with E-state index in [2.05, 4.69) is 20.9 Å². The Kier molecular flexibility index (Phi) is 6.57. The van der Waals surface area contributed by atoms with Crippen molar-refractivity contribution in [2.24, 2.45) is 4.99 Å². The number of thiazole rings is 1. The van der Waals surface area contributed by atoms with Crippen molar-refractivity contribution in [3.63, 3.8) is 0 Å². The van der Waals surface area contributed by atoms with E-state index < -0.39 is 12.0 Å². The summed E-state index contributed by atoms with van der Waals surface area (Å²) in [6.45, 7) is 3.66. The molecule has 1 aliphatic heterocycles. The van der Waals surface area contributed by atoms with Gasteiger partial charge in [0.05, 0.1) is 36.6 Å². The van der Waals surface area contributed by atoms with Crippen LogP contribution in [0.5, 0.6) is 11.5 Å². The van der Waals surface area contributed by atoms with Gasteiger partial charge in [0.2, 0.25) is 0 Å². The molecule has 0 amide bonds. The average molecular weight is 533 g/mol.